The molecule has 0 unspecified atom stereocenters. The third-order valence-corrected chi connectivity index (χ3v) is 6.01. The van der Waals surface area contributed by atoms with Gasteiger partial charge >= 0.3 is 12.1 Å². The molecule has 0 atom stereocenters. The van der Waals surface area contributed by atoms with E-state index in [1.165, 1.54) is 50.6 Å². The zero-order valence-corrected chi connectivity index (χ0v) is 20.1. The van der Waals surface area contributed by atoms with Gasteiger partial charge in [-0.2, -0.15) is 13.2 Å². The summed E-state index contributed by atoms with van der Waals surface area (Å²) in [5.41, 5.74) is -1.59. The van der Waals surface area contributed by atoms with Crippen molar-refractivity contribution in [1.82, 2.24) is 0 Å². The van der Waals surface area contributed by atoms with Crippen molar-refractivity contribution < 1.29 is 36.6 Å². The van der Waals surface area contributed by atoms with Gasteiger partial charge in [0.1, 0.15) is 11.3 Å². The van der Waals surface area contributed by atoms with Crippen LogP contribution in [0, 0.1) is 0 Å². The number of benzene rings is 4. The molecule has 38 heavy (non-hydrogen) atoms. The largest absolute Gasteiger partial charge is 0.493 e. The van der Waals surface area contributed by atoms with Crippen molar-refractivity contribution in [3.63, 3.8) is 0 Å². The Morgan fingerprint density at radius 2 is 1.55 bits per heavy atom. The molecular formula is C29H19F3O6. The lowest BCUT2D eigenvalue weighted by Gasteiger charge is -2.15. The fraction of sp³-hybridized carbons (Fsp3) is 0.103. The maximum absolute atomic E-state index is 14.2. The van der Waals surface area contributed by atoms with Crippen LogP contribution < -0.4 is 19.6 Å². The zero-order chi connectivity index (χ0) is 27.0. The normalized spacial score (nSPS) is 11.5. The first-order valence-electron chi connectivity index (χ1n) is 11.3. The van der Waals surface area contributed by atoms with Crippen LogP contribution in [0.25, 0.3) is 32.9 Å². The first-order valence-corrected chi connectivity index (χ1v) is 11.3. The molecule has 5 rings (SSSR count). The topological polar surface area (TPSA) is 75.0 Å². The van der Waals surface area contributed by atoms with E-state index in [2.05, 4.69) is 0 Å². The van der Waals surface area contributed by atoms with Crippen LogP contribution in [0.2, 0.25) is 0 Å². The maximum Gasteiger partial charge on any atom is 0.450 e. The first kappa shape index (κ1) is 24.9. The monoisotopic (exact) mass is 520 g/mol. The second-order valence-corrected chi connectivity index (χ2v) is 8.28. The van der Waals surface area contributed by atoms with Gasteiger partial charge in [-0.3, -0.25) is 4.79 Å². The summed E-state index contributed by atoms with van der Waals surface area (Å²) in [4.78, 5) is 26.1. The van der Waals surface area contributed by atoms with Gasteiger partial charge in [0, 0.05) is 6.07 Å². The van der Waals surface area contributed by atoms with Gasteiger partial charge in [0.15, 0.2) is 11.5 Å². The summed E-state index contributed by atoms with van der Waals surface area (Å²) in [7, 11) is 2.85. The molecule has 1 heterocycles. The van der Waals surface area contributed by atoms with E-state index in [-0.39, 0.29) is 27.8 Å². The summed E-state index contributed by atoms with van der Waals surface area (Å²) in [6.07, 6.45) is -4.97. The third-order valence-electron chi connectivity index (χ3n) is 6.01. The summed E-state index contributed by atoms with van der Waals surface area (Å²) >= 11 is 0. The van der Waals surface area contributed by atoms with Crippen molar-refractivity contribution in [3.8, 4) is 28.4 Å². The van der Waals surface area contributed by atoms with Crippen molar-refractivity contribution in [2.75, 3.05) is 14.2 Å². The number of carbonyl (C=O) groups excluding carboxylic acids is 1. The molecule has 0 bridgehead atoms. The Labute approximate surface area is 213 Å². The quantitative estimate of drug-likeness (QED) is 0.186. The van der Waals surface area contributed by atoms with Gasteiger partial charge in [0.05, 0.1) is 30.7 Å². The van der Waals surface area contributed by atoms with Crippen molar-refractivity contribution in [2.24, 2.45) is 0 Å². The van der Waals surface area contributed by atoms with Crippen LogP contribution in [-0.2, 0) is 6.18 Å². The Balaban J connectivity index is 1.61. The Bertz CT molecular complexity index is 1750. The highest BCUT2D eigenvalue weighted by molar-refractivity contribution is 5.99. The van der Waals surface area contributed by atoms with Crippen LogP contribution in [0.1, 0.15) is 16.1 Å². The van der Waals surface area contributed by atoms with Crippen LogP contribution in [0.3, 0.4) is 0 Å². The van der Waals surface area contributed by atoms with Gasteiger partial charge in [-0.05, 0) is 46.7 Å². The number of halogens is 3. The number of fused-ring (bicyclic) bond motifs is 2. The third kappa shape index (κ3) is 4.43. The molecule has 0 aliphatic rings. The van der Waals surface area contributed by atoms with E-state index in [1.807, 2.05) is 0 Å². The molecule has 192 valence electrons. The van der Waals surface area contributed by atoms with E-state index in [9.17, 15) is 22.8 Å². The van der Waals surface area contributed by atoms with Gasteiger partial charge in [-0.1, -0.05) is 42.5 Å². The van der Waals surface area contributed by atoms with Gasteiger partial charge in [0.2, 0.25) is 11.2 Å². The first-order chi connectivity index (χ1) is 18.2. The number of alkyl halides is 3. The molecule has 0 aliphatic carbocycles. The molecule has 9 heteroatoms. The lowest BCUT2D eigenvalue weighted by Crippen LogP contribution is -2.16. The maximum atomic E-state index is 14.2. The highest BCUT2D eigenvalue weighted by Gasteiger charge is 2.39. The Hall–Kier alpha value is -4.79. The molecule has 0 aliphatic heterocycles. The molecular weight excluding hydrogens is 501 g/mol. The average Bonchev–Trinajstić information content (AvgIpc) is 2.91. The molecule has 4 aromatic carbocycles. The Morgan fingerprint density at radius 3 is 2.29 bits per heavy atom. The Kier molecular flexibility index (Phi) is 6.28. The molecule has 0 amide bonds. The predicted molar refractivity (Wildman–Crippen MR) is 135 cm³/mol. The number of ether oxygens (including phenoxy) is 3. The highest BCUT2D eigenvalue weighted by atomic mass is 19.4. The van der Waals surface area contributed by atoms with E-state index in [0.717, 1.165) is 6.07 Å². The fourth-order valence-electron chi connectivity index (χ4n) is 4.25. The van der Waals surface area contributed by atoms with Gasteiger partial charge in [0.25, 0.3) is 0 Å². The molecule has 0 saturated carbocycles. The van der Waals surface area contributed by atoms with Crippen LogP contribution in [0.4, 0.5) is 13.2 Å². The van der Waals surface area contributed by atoms with Crippen molar-refractivity contribution >= 4 is 27.7 Å². The minimum absolute atomic E-state index is 0.0909. The summed E-state index contributed by atoms with van der Waals surface area (Å²) in [5.74, 6) is -1.64. The summed E-state index contributed by atoms with van der Waals surface area (Å²) in [5, 5.41) is 1.06. The number of carbonyl (C=O) groups is 1. The summed E-state index contributed by atoms with van der Waals surface area (Å²) in [6.45, 7) is 0. The lowest BCUT2D eigenvalue weighted by atomic mass is 9.96. The van der Waals surface area contributed by atoms with E-state index in [0.29, 0.717) is 22.3 Å². The minimum Gasteiger partial charge on any atom is -0.493 e. The van der Waals surface area contributed by atoms with Crippen LogP contribution in [0.5, 0.6) is 17.2 Å². The van der Waals surface area contributed by atoms with E-state index >= 15 is 0 Å². The van der Waals surface area contributed by atoms with Crippen LogP contribution in [0.15, 0.2) is 88.1 Å². The number of esters is 1. The number of methoxy groups -OCH3 is 2. The van der Waals surface area contributed by atoms with E-state index in [4.69, 9.17) is 18.6 Å². The van der Waals surface area contributed by atoms with Gasteiger partial charge in [-0.15, -0.1) is 0 Å². The molecule has 1 aromatic heterocycles. The van der Waals surface area contributed by atoms with Crippen molar-refractivity contribution in [3.05, 3.63) is 100 Å². The predicted octanol–water partition coefficient (Wildman–Crippen LogP) is 6.87. The van der Waals surface area contributed by atoms with Crippen molar-refractivity contribution in [2.45, 2.75) is 6.18 Å². The molecule has 0 radical (unpaired) electrons. The smallest absolute Gasteiger partial charge is 0.450 e. The van der Waals surface area contributed by atoms with Crippen LogP contribution >= 0.6 is 0 Å². The molecule has 0 saturated heterocycles. The van der Waals surface area contributed by atoms with Crippen LogP contribution in [-0.4, -0.2) is 20.2 Å². The molecule has 0 fully saturated rings. The Morgan fingerprint density at radius 1 is 0.816 bits per heavy atom. The van der Waals surface area contributed by atoms with E-state index < -0.39 is 28.9 Å². The molecule has 0 N–H and O–H groups in total. The number of hydrogen-bond acceptors (Lipinski definition) is 6. The van der Waals surface area contributed by atoms with Crippen molar-refractivity contribution in [1.29, 1.82) is 0 Å². The second-order valence-electron chi connectivity index (χ2n) is 8.28. The van der Waals surface area contributed by atoms with Gasteiger partial charge < -0.3 is 18.6 Å². The molecule has 5 aromatic rings. The number of hydrogen-bond donors (Lipinski definition) is 0. The summed E-state index contributed by atoms with van der Waals surface area (Å²) < 4.78 is 63.4. The molecule has 6 nitrogen and oxygen atoms in total. The fourth-order valence-corrected chi connectivity index (χ4v) is 4.25. The second kappa shape index (κ2) is 9.59. The van der Waals surface area contributed by atoms with Gasteiger partial charge in [-0.25, -0.2) is 4.79 Å². The summed E-state index contributed by atoms with van der Waals surface area (Å²) in [6, 6.07) is 19.6. The number of rotatable bonds is 5. The lowest BCUT2D eigenvalue weighted by molar-refractivity contribution is -0.152. The average molecular weight is 520 g/mol. The standard InChI is InChI=1S/C29H19F3O6/c1-35-22-13-10-17(14-24(22)36-2)28(34)37-18-11-12-21-23(15-18)38-27(29(30,31)32)25(26(21)33)20-9-5-7-16-6-3-4-8-19(16)20/h3-15H,1-2H3. The minimum atomic E-state index is -4.97. The molecule has 0 spiro atoms. The zero-order valence-electron chi connectivity index (χ0n) is 20.1. The van der Waals surface area contributed by atoms with E-state index in [1.54, 1.807) is 36.4 Å². The SMILES string of the molecule is COc1ccc(C(=O)Oc2ccc3c(=O)c(-c4cccc5ccccc45)c(C(F)(F)F)oc3c2)cc1OC. The highest BCUT2D eigenvalue weighted by Crippen LogP contribution is 2.40.